The highest BCUT2D eigenvalue weighted by Gasteiger charge is 2.34. The van der Waals surface area contributed by atoms with Gasteiger partial charge in [0.1, 0.15) is 5.82 Å². The number of carboxylic acid groups (broad SMARTS) is 1. The number of aliphatic carboxylic acids is 1. The number of benzene rings is 2. The number of nitrogens with zero attached hydrogens (tertiary/aromatic N) is 2. The van der Waals surface area contributed by atoms with E-state index >= 15 is 0 Å². The molecule has 0 bridgehead atoms. The fourth-order valence-corrected chi connectivity index (χ4v) is 4.85. The van der Waals surface area contributed by atoms with Crippen molar-refractivity contribution in [2.45, 2.75) is 31.4 Å². The summed E-state index contributed by atoms with van der Waals surface area (Å²) < 4.78 is 1.33. The zero-order valence-corrected chi connectivity index (χ0v) is 21.7. The minimum Gasteiger partial charge on any atom is -0.481 e. The molecule has 38 heavy (non-hydrogen) atoms. The second kappa shape index (κ2) is 12.3. The molecule has 0 radical (unpaired) electrons. The van der Waals surface area contributed by atoms with E-state index in [1.807, 2.05) is 66.1 Å². The summed E-state index contributed by atoms with van der Waals surface area (Å²) in [6.45, 7) is 2.41. The summed E-state index contributed by atoms with van der Waals surface area (Å²) in [7, 11) is 0. The minimum atomic E-state index is -0.976. The Morgan fingerprint density at radius 3 is 2.42 bits per heavy atom. The van der Waals surface area contributed by atoms with E-state index in [2.05, 4.69) is 26.3 Å². The number of aryl methyl sites for hydroxylation is 1. The number of carboxylic acids is 1. The molecule has 0 spiro atoms. The quantitative estimate of drug-likeness (QED) is 0.253. The van der Waals surface area contributed by atoms with Gasteiger partial charge in [0, 0.05) is 31.0 Å². The van der Waals surface area contributed by atoms with Gasteiger partial charge in [0.15, 0.2) is 4.99 Å². The lowest BCUT2D eigenvalue weighted by Gasteiger charge is -2.30. The molecule has 5 N–H and O–H groups in total. The third kappa shape index (κ3) is 7.16. The highest BCUT2D eigenvalue weighted by atomic mass is 32.2. The number of aromatic nitrogens is 2. The van der Waals surface area contributed by atoms with Gasteiger partial charge in [-0.1, -0.05) is 72.4 Å². The van der Waals surface area contributed by atoms with E-state index < -0.39 is 22.6 Å². The number of carbonyl (C=O) groups is 2. The molecular formula is C27H30N6O4S. The Labute approximate surface area is 224 Å². The Balaban J connectivity index is 1.39. The van der Waals surface area contributed by atoms with Crippen molar-refractivity contribution >= 4 is 29.6 Å². The van der Waals surface area contributed by atoms with Crippen molar-refractivity contribution in [3.8, 4) is 0 Å². The molecule has 1 aliphatic heterocycles. The van der Waals surface area contributed by atoms with Gasteiger partial charge in [-0.25, -0.2) is 9.59 Å². The maximum Gasteiger partial charge on any atom is 0.349 e. The van der Waals surface area contributed by atoms with E-state index in [0.717, 1.165) is 11.1 Å². The summed E-state index contributed by atoms with van der Waals surface area (Å²) in [5.41, 5.74) is 1.99. The largest absolute Gasteiger partial charge is 0.481 e. The summed E-state index contributed by atoms with van der Waals surface area (Å²) in [4.78, 5) is 40.5. The average molecular weight is 535 g/mol. The minimum absolute atomic E-state index is 0.00554. The monoisotopic (exact) mass is 534 g/mol. The predicted octanol–water partition coefficient (Wildman–Crippen LogP) is 2.87. The smallest absolute Gasteiger partial charge is 0.349 e. The average Bonchev–Trinajstić information content (AvgIpc) is 3.37. The molecule has 2 aromatic carbocycles. The van der Waals surface area contributed by atoms with Gasteiger partial charge >= 0.3 is 17.7 Å². The van der Waals surface area contributed by atoms with Gasteiger partial charge < -0.3 is 26.4 Å². The van der Waals surface area contributed by atoms with Gasteiger partial charge in [-0.2, -0.15) is 4.98 Å². The highest BCUT2D eigenvalue weighted by molar-refractivity contribution is 8.03. The van der Waals surface area contributed by atoms with Crippen LogP contribution in [-0.2, 0) is 24.3 Å². The number of carbonyl (C=O) groups excluding carboxylic acids is 1. The SMILES string of the molecule is Cc1cn(CC(Cc2ccccc2)C(=O)O)c(=O)nc1NCC1(NC(=O)NCc2ccccc2)NC=CS1. The molecule has 2 amide bonds. The first kappa shape index (κ1) is 26.8. The first-order valence-corrected chi connectivity index (χ1v) is 13.0. The molecule has 198 valence electrons. The molecule has 10 nitrogen and oxygen atoms in total. The van der Waals surface area contributed by atoms with E-state index in [4.69, 9.17) is 0 Å². The zero-order chi connectivity index (χ0) is 27.0. The number of hydrogen-bond donors (Lipinski definition) is 5. The van der Waals surface area contributed by atoms with Crippen molar-refractivity contribution in [3.63, 3.8) is 0 Å². The van der Waals surface area contributed by atoms with E-state index in [1.165, 1.54) is 16.3 Å². The molecule has 0 aliphatic carbocycles. The molecule has 2 unspecified atom stereocenters. The number of nitrogens with one attached hydrogen (secondary N) is 4. The number of rotatable bonds is 11. The van der Waals surface area contributed by atoms with Crippen molar-refractivity contribution in [3.05, 3.63) is 106 Å². The van der Waals surface area contributed by atoms with Crippen LogP contribution in [0.5, 0.6) is 0 Å². The highest BCUT2D eigenvalue weighted by Crippen LogP contribution is 2.26. The summed E-state index contributed by atoms with van der Waals surface area (Å²) in [6.07, 6.45) is 3.65. The number of amides is 2. The lowest BCUT2D eigenvalue weighted by atomic mass is 9.99. The molecule has 2 heterocycles. The van der Waals surface area contributed by atoms with Crippen LogP contribution in [0.15, 0.2) is 83.3 Å². The third-order valence-corrected chi connectivity index (χ3v) is 7.08. The van der Waals surface area contributed by atoms with Crippen LogP contribution in [-0.4, -0.2) is 38.2 Å². The Morgan fingerprint density at radius 1 is 1.11 bits per heavy atom. The first-order valence-electron chi connectivity index (χ1n) is 12.1. The fraction of sp³-hybridized carbons (Fsp3) is 0.259. The second-order valence-electron chi connectivity index (χ2n) is 8.97. The van der Waals surface area contributed by atoms with Crippen LogP contribution in [0.3, 0.4) is 0 Å². The molecule has 1 aliphatic rings. The normalized spacial score (nSPS) is 16.9. The number of thioether (sulfide) groups is 1. The molecule has 1 aromatic heterocycles. The predicted molar refractivity (Wildman–Crippen MR) is 147 cm³/mol. The van der Waals surface area contributed by atoms with E-state index in [-0.39, 0.29) is 19.1 Å². The van der Waals surface area contributed by atoms with Crippen LogP contribution in [0.1, 0.15) is 16.7 Å². The van der Waals surface area contributed by atoms with Crippen LogP contribution >= 0.6 is 11.8 Å². The molecule has 0 saturated heterocycles. The van der Waals surface area contributed by atoms with Crippen molar-refractivity contribution in [1.29, 1.82) is 0 Å². The van der Waals surface area contributed by atoms with E-state index in [0.29, 0.717) is 24.3 Å². The summed E-state index contributed by atoms with van der Waals surface area (Å²) in [6, 6.07) is 18.6. The van der Waals surface area contributed by atoms with Crippen LogP contribution < -0.4 is 27.0 Å². The van der Waals surface area contributed by atoms with Gasteiger partial charge in [0.2, 0.25) is 0 Å². The summed E-state index contributed by atoms with van der Waals surface area (Å²) in [5.74, 6) is -1.39. The molecule has 11 heteroatoms. The lowest BCUT2D eigenvalue weighted by molar-refractivity contribution is -0.142. The van der Waals surface area contributed by atoms with Crippen LogP contribution in [0.2, 0.25) is 0 Å². The lowest BCUT2D eigenvalue weighted by Crippen LogP contribution is -2.59. The fourth-order valence-electron chi connectivity index (χ4n) is 4.04. The van der Waals surface area contributed by atoms with Crippen LogP contribution in [0, 0.1) is 12.8 Å². The Hall–Kier alpha value is -4.25. The second-order valence-corrected chi connectivity index (χ2v) is 10.2. The maximum absolute atomic E-state index is 12.8. The summed E-state index contributed by atoms with van der Waals surface area (Å²) in [5, 5.41) is 23.6. The van der Waals surface area contributed by atoms with Gasteiger partial charge in [0.05, 0.1) is 12.5 Å². The van der Waals surface area contributed by atoms with Gasteiger partial charge in [-0.05, 0) is 29.9 Å². The van der Waals surface area contributed by atoms with E-state index in [1.54, 1.807) is 19.3 Å². The van der Waals surface area contributed by atoms with Crippen molar-refractivity contribution in [2.75, 3.05) is 11.9 Å². The molecule has 0 saturated carbocycles. The Kier molecular flexibility index (Phi) is 8.70. The molecule has 3 aromatic rings. The molecule has 0 fully saturated rings. The first-order chi connectivity index (χ1) is 18.3. The van der Waals surface area contributed by atoms with E-state index in [9.17, 15) is 19.5 Å². The number of urea groups is 1. The number of hydrogen-bond acceptors (Lipinski definition) is 7. The van der Waals surface area contributed by atoms with Gasteiger partial charge in [0.25, 0.3) is 0 Å². The standard InChI is InChI=1S/C27H30N6O4S/c1-19-16-33(17-22(24(34)35)14-20-8-4-2-5-9-20)26(37)31-23(19)29-18-27(30-12-13-38-27)32-25(36)28-15-21-10-6-3-7-11-21/h2-13,16,22,30H,14-15,17-18H2,1H3,(H,34,35)(H2,28,32,36)(H,29,31,37). The van der Waals surface area contributed by atoms with Crippen LogP contribution in [0.25, 0.3) is 0 Å². The molecular weight excluding hydrogens is 504 g/mol. The van der Waals surface area contributed by atoms with Crippen molar-refractivity contribution in [2.24, 2.45) is 5.92 Å². The Morgan fingerprint density at radius 2 is 1.79 bits per heavy atom. The number of anilines is 1. The molecule has 2 atom stereocenters. The van der Waals surface area contributed by atoms with Crippen molar-refractivity contribution < 1.29 is 14.7 Å². The third-order valence-electron chi connectivity index (χ3n) is 6.04. The summed E-state index contributed by atoms with van der Waals surface area (Å²) >= 11 is 1.38. The van der Waals surface area contributed by atoms with Gasteiger partial charge in [-0.3, -0.25) is 9.36 Å². The Bertz CT molecular complexity index is 1340. The van der Waals surface area contributed by atoms with Gasteiger partial charge in [-0.15, -0.1) is 0 Å². The van der Waals surface area contributed by atoms with Crippen molar-refractivity contribution in [1.82, 2.24) is 25.5 Å². The van der Waals surface area contributed by atoms with Crippen LogP contribution in [0.4, 0.5) is 10.6 Å². The molecule has 4 rings (SSSR count). The topological polar surface area (TPSA) is 137 Å². The maximum atomic E-state index is 12.8. The zero-order valence-electron chi connectivity index (χ0n) is 20.9.